The van der Waals surface area contributed by atoms with Crippen molar-refractivity contribution < 1.29 is 19.6 Å². The second kappa shape index (κ2) is 9.64. The molecule has 0 bridgehead atoms. The summed E-state index contributed by atoms with van der Waals surface area (Å²) in [5, 5.41) is 33.7. The van der Waals surface area contributed by atoms with Crippen LogP contribution in [0.5, 0.6) is 0 Å². The molecule has 10 heteroatoms. The maximum atomic E-state index is 11.8. The number of carbonyl (C=O) groups is 2. The molecule has 166 valence electrons. The van der Waals surface area contributed by atoms with Gasteiger partial charge >= 0.3 is 5.79 Å². The number of carbonyl (C=O) groups excluding carboxylic acids is 2. The van der Waals surface area contributed by atoms with E-state index in [1.165, 1.54) is 26.2 Å². The van der Waals surface area contributed by atoms with Crippen molar-refractivity contribution in [3.05, 3.63) is 22.5 Å². The largest absolute Gasteiger partial charge is 0.393 e. The zero-order chi connectivity index (χ0) is 22.5. The van der Waals surface area contributed by atoms with E-state index in [9.17, 15) is 24.8 Å². The number of Topliss-reactive ketones (excluding diaryl/α,β-unsaturated/α-hetero) is 2. The van der Waals surface area contributed by atoms with Gasteiger partial charge < -0.3 is 26.4 Å². The molecule has 0 aliphatic carbocycles. The number of nitro groups is 1. The van der Waals surface area contributed by atoms with Crippen LogP contribution in [-0.4, -0.2) is 57.7 Å². The summed E-state index contributed by atoms with van der Waals surface area (Å²) in [5.41, 5.74) is -1.47. The molecule has 10 nitrogen and oxygen atoms in total. The minimum Gasteiger partial charge on any atom is -0.393 e. The SMILES string of the molecule is CC(=O)C(C)(C)NCC(CNC(C)(C)C(C)=O)CC(O)CC1([N+](=O)[O-])NC=CN1. The number of nitrogens with zero attached hydrogens (tertiary/aromatic N) is 1. The number of hydrogen-bond acceptors (Lipinski definition) is 9. The summed E-state index contributed by atoms with van der Waals surface area (Å²) in [6, 6.07) is 0. The summed E-state index contributed by atoms with van der Waals surface area (Å²) in [4.78, 5) is 34.5. The van der Waals surface area contributed by atoms with Gasteiger partial charge in [-0.25, -0.2) is 0 Å². The lowest BCUT2D eigenvalue weighted by atomic mass is 9.93. The molecule has 1 aliphatic heterocycles. The van der Waals surface area contributed by atoms with Crippen LogP contribution in [0.1, 0.15) is 54.4 Å². The Hall–Kier alpha value is -2.04. The van der Waals surface area contributed by atoms with Gasteiger partial charge in [0.2, 0.25) is 0 Å². The van der Waals surface area contributed by atoms with Crippen LogP contribution in [0.2, 0.25) is 0 Å². The first-order valence-corrected chi connectivity index (χ1v) is 9.77. The fourth-order valence-electron chi connectivity index (χ4n) is 2.79. The Kier molecular flexibility index (Phi) is 8.31. The Bertz CT molecular complexity index is 609. The minimum absolute atomic E-state index is 0.0217. The molecule has 0 aromatic heterocycles. The van der Waals surface area contributed by atoms with E-state index in [1.807, 2.05) is 0 Å². The zero-order valence-corrected chi connectivity index (χ0v) is 18.2. The lowest BCUT2D eigenvalue weighted by Crippen LogP contribution is -2.58. The highest BCUT2D eigenvalue weighted by molar-refractivity contribution is 5.85. The molecule has 1 rings (SSSR count). The van der Waals surface area contributed by atoms with Crippen molar-refractivity contribution in [1.29, 1.82) is 0 Å². The first-order chi connectivity index (χ1) is 13.2. The summed E-state index contributed by atoms with van der Waals surface area (Å²) in [6.07, 6.45) is 1.99. The van der Waals surface area contributed by atoms with E-state index in [2.05, 4.69) is 21.3 Å². The third kappa shape index (κ3) is 7.06. The van der Waals surface area contributed by atoms with Crippen molar-refractivity contribution in [3.63, 3.8) is 0 Å². The number of aliphatic hydroxyl groups excluding tert-OH is 1. The van der Waals surface area contributed by atoms with Gasteiger partial charge in [0.1, 0.15) is 11.6 Å². The van der Waals surface area contributed by atoms with E-state index in [0.717, 1.165) is 0 Å². The van der Waals surface area contributed by atoms with Gasteiger partial charge in [0, 0.05) is 25.5 Å². The van der Waals surface area contributed by atoms with Crippen molar-refractivity contribution >= 4 is 11.6 Å². The molecule has 1 unspecified atom stereocenters. The molecule has 1 heterocycles. The molecule has 1 atom stereocenters. The molecule has 0 amide bonds. The van der Waals surface area contributed by atoms with E-state index < -0.39 is 27.9 Å². The number of nitrogens with one attached hydrogen (secondary N) is 4. The average Bonchev–Trinajstić information content (AvgIpc) is 3.06. The van der Waals surface area contributed by atoms with Gasteiger partial charge in [-0.15, -0.1) is 0 Å². The topological polar surface area (TPSA) is 146 Å². The van der Waals surface area contributed by atoms with Gasteiger partial charge in [0.25, 0.3) is 0 Å². The van der Waals surface area contributed by atoms with Crippen molar-refractivity contribution in [2.75, 3.05) is 13.1 Å². The lowest BCUT2D eigenvalue weighted by molar-refractivity contribution is -0.583. The number of rotatable bonds is 13. The monoisotopic (exact) mass is 413 g/mol. The predicted octanol–water partition coefficient (Wildman–Crippen LogP) is 0.253. The molecule has 0 spiro atoms. The molecule has 0 saturated carbocycles. The van der Waals surface area contributed by atoms with Crippen LogP contribution in [0.25, 0.3) is 0 Å². The van der Waals surface area contributed by atoms with Crippen molar-refractivity contribution in [2.24, 2.45) is 5.92 Å². The number of ketones is 2. The predicted molar refractivity (Wildman–Crippen MR) is 109 cm³/mol. The Labute approximate surface area is 172 Å². The highest BCUT2D eigenvalue weighted by atomic mass is 16.6. The maximum absolute atomic E-state index is 11.8. The Balaban J connectivity index is 2.82. The van der Waals surface area contributed by atoms with Gasteiger partial charge in [-0.2, -0.15) is 0 Å². The van der Waals surface area contributed by atoms with Crippen molar-refractivity contribution in [1.82, 2.24) is 21.3 Å². The van der Waals surface area contributed by atoms with Crippen LogP contribution in [0, 0.1) is 16.0 Å². The fraction of sp³-hybridized carbons (Fsp3) is 0.789. The maximum Gasteiger partial charge on any atom is 0.375 e. The molecular formula is C19H35N5O5. The summed E-state index contributed by atoms with van der Waals surface area (Å²) in [5.74, 6) is -1.85. The van der Waals surface area contributed by atoms with E-state index in [-0.39, 0.29) is 30.3 Å². The smallest absolute Gasteiger partial charge is 0.375 e. The normalized spacial score (nSPS) is 17.0. The molecule has 5 N–H and O–H groups in total. The molecule has 0 fully saturated rings. The summed E-state index contributed by atoms with van der Waals surface area (Å²) < 4.78 is 0. The Morgan fingerprint density at radius 2 is 1.48 bits per heavy atom. The number of aliphatic hydroxyl groups is 1. The second-order valence-corrected chi connectivity index (χ2v) is 8.82. The van der Waals surface area contributed by atoms with E-state index in [1.54, 1.807) is 27.7 Å². The second-order valence-electron chi connectivity index (χ2n) is 8.82. The van der Waals surface area contributed by atoms with Gasteiger partial charge in [0.15, 0.2) is 0 Å². The number of hydrogen-bond donors (Lipinski definition) is 5. The zero-order valence-electron chi connectivity index (χ0n) is 18.2. The van der Waals surface area contributed by atoms with Crippen LogP contribution in [0.3, 0.4) is 0 Å². The van der Waals surface area contributed by atoms with Gasteiger partial charge in [-0.1, -0.05) is 0 Å². The molecule has 0 aromatic rings. The fourth-order valence-corrected chi connectivity index (χ4v) is 2.79. The van der Waals surface area contributed by atoms with Crippen LogP contribution in [0.15, 0.2) is 12.4 Å². The van der Waals surface area contributed by atoms with Crippen molar-refractivity contribution in [2.45, 2.75) is 77.4 Å². The molecule has 0 radical (unpaired) electrons. The standard InChI is InChI=1S/C19H35N5O5/c1-13(25)17(3,4)22-11-15(12-23-18(5,6)14(2)26)9-16(27)10-19(24(28)29)20-7-8-21-19/h7-8,15-16,20-23,27H,9-12H2,1-6H3. The van der Waals surface area contributed by atoms with Crippen LogP contribution < -0.4 is 21.3 Å². The molecular weight excluding hydrogens is 378 g/mol. The molecule has 0 aromatic carbocycles. The van der Waals surface area contributed by atoms with E-state index in [4.69, 9.17) is 0 Å². The minimum atomic E-state index is -1.64. The Morgan fingerprint density at radius 1 is 1.07 bits per heavy atom. The van der Waals surface area contributed by atoms with Gasteiger partial charge in [-0.3, -0.25) is 19.7 Å². The highest BCUT2D eigenvalue weighted by Gasteiger charge is 2.45. The molecule has 1 aliphatic rings. The van der Waals surface area contributed by atoms with Crippen molar-refractivity contribution in [3.8, 4) is 0 Å². The van der Waals surface area contributed by atoms with Crippen LogP contribution >= 0.6 is 0 Å². The van der Waals surface area contributed by atoms with Crippen LogP contribution in [-0.2, 0) is 9.59 Å². The van der Waals surface area contributed by atoms with Crippen LogP contribution in [0.4, 0.5) is 0 Å². The first-order valence-electron chi connectivity index (χ1n) is 9.77. The average molecular weight is 414 g/mol. The summed E-state index contributed by atoms with van der Waals surface area (Å²) in [6.45, 7) is 10.9. The molecule has 0 saturated heterocycles. The third-order valence-corrected chi connectivity index (χ3v) is 5.60. The summed E-state index contributed by atoms with van der Waals surface area (Å²) in [7, 11) is 0. The summed E-state index contributed by atoms with van der Waals surface area (Å²) >= 11 is 0. The third-order valence-electron chi connectivity index (χ3n) is 5.60. The lowest BCUT2D eigenvalue weighted by Gasteiger charge is -2.31. The van der Waals surface area contributed by atoms with E-state index >= 15 is 0 Å². The Morgan fingerprint density at radius 3 is 1.83 bits per heavy atom. The van der Waals surface area contributed by atoms with Gasteiger partial charge in [0.05, 0.1) is 28.5 Å². The molecule has 29 heavy (non-hydrogen) atoms. The van der Waals surface area contributed by atoms with E-state index in [0.29, 0.717) is 13.1 Å². The quantitative estimate of drug-likeness (QED) is 0.212. The van der Waals surface area contributed by atoms with Gasteiger partial charge in [-0.05, 0) is 53.9 Å². The first kappa shape index (κ1) is 25.0. The highest BCUT2D eigenvalue weighted by Crippen LogP contribution is 2.20.